The molecule has 0 spiro atoms. The standard InChI is InChI=1S/C14H29NO/c1-7-12(3)9-10-15(8-2)13(16)11-14(4,5)6/h12H,7-11H2,1-6H3. The lowest BCUT2D eigenvalue weighted by Crippen LogP contribution is -2.34. The third-order valence-electron chi connectivity index (χ3n) is 3.00. The van der Waals surface area contributed by atoms with Crippen LogP contribution < -0.4 is 0 Å². The molecule has 1 amide bonds. The Morgan fingerprint density at radius 2 is 1.81 bits per heavy atom. The molecule has 0 saturated heterocycles. The maximum absolute atomic E-state index is 12.0. The Kier molecular flexibility index (Phi) is 6.70. The highest BCUT2D eigenvalue weighted by Gasteiger charge is 2.20. The molecule has 0 aliphatic rings. The summed E-state index contributed by atoms with van der Waals surface area (Å²) in [4.78, 5) is 14.0. The molecule has 1 atom stereocenters. The third kappa shape index (κ3) is 6.86. The van der Waals surface area contributed by atoms with Gasteiger partial charge in [-0.1, -0.05) is 41.0 Å². The normalized spacial score (nSPS) is 13.6. The highest BCUT2D eigenvalue weighted by atomic mass is 16.2. The topological polar surface area (TPSA) is 20.3 Å². The first-order valence-electron chi connectivity index (χ1n) is 6.58. The molecule has 1 unspecified atom stereocenters. The van der Waals surface area contributed by atoms with Gasteiger partial charge in [0.05, 0.1) is 0 Å². The Balaban J connectivity index is 4.12. The zero-order valence-electron chi connectivity index (χ0n) is 12.0. The molecule has 0 fully saturated rings. The van der Waals surface area contributed by atoms with Crippen molar-refractivity contribution in [1.29, 1.82) is 0 Å². The van der Waals surface area contributed by atoms with Gasteiger partial charge in [0.1, 0.15) is 0 Å². The molecule has 2 heteroatoms. The van der Waals surface area contributed by atoms with Gasteiger partial charge in [0.25, 0.3) is 0 Å². The van der Waals surface area contributed by atoms with E-state index in [4.69, 9.17) is 0 Å². The summed E-state index contributed by atoms with van der Waals surface area (Å²) in [5.74, 6) is 1.02. The summed E-state index contributed by atoms with van der Waals surface area (Å²) in [7, 11) is 0. The third-order valence-corrected chi connectivity index (χ3v) is 3.00. The molecule has 0 bridgehead atoms. The lowest BCUT2D eigenvalue weighted by atomic mass is 9.91. The number of amides is 1. The van der Waals surface area contributed by atoms with Gasteiger partial charge in [0.2, 0.25) is 5.91 Å². The van der Waals surface area contributed by atoms with E-state index in [1.165, 1.54) is 6.42 Å². The maximum Gasteiger partial charge on any atom is 0.223 e. The minimum atomic E-state index is 0.0981. The number of carbonyl (C=O) groups is 1. The predicted molar refractivity (Wildman–Crippen MR) is 70.4 cm³/mol. The van der Waals surface area contributed by atoms with Crippen LogP contribution in [0.1, 0.15) is 60.8 Å². The quantitative estimate of drug-likeness (QED) is 0.677. The molecule has 0 radical (unpaired) electrons. The second-order valence-electron chi connectivity index (χ2n) is 6.01. The smallest absolute Gasteiger partial charge is 0.223 e. The van der Waals surface area contributed by atoms with Crippen molar-refractivity contribution in [2.24, 2.45) is 11.3 Å². The molecule has 0 aromatic heterocycles. The summed E-state index contributed by atoms with van der Waals surface area (Å²) in [5, 5.41) is 0. The molecule has 2 nitrogen and oxygen atoms in total. The van der Waals surface area contributed by atoms with Gasteiger partial charge in [0, 0.05) is 19.5 Å². The molecule has 0 heterocycles. The van der Waals surface area contributed by atoms with E-state index >= 15 is 0 Å². The van der Waals surface area contributed by atoms with Crippen molar-refractivity contribution in [2.45, 2.75) is 60.8 Å². The van der Waals surface area contributed by atoms with Crippen molar-refractivity contribution in [3.8, 4) is 0 Å². The first-order valence-corrected chi connectivity index (χ1v) is 6.58. The molecule has 96 valence electrons. The van der Waals surface area contributed by atoms with Crippen LogP contribution in [-0.2, 0) is 4.79 Å². The largest absolute Gasteiger partial charge is 0.343 e. The highest BCUT2D eigenvalue weighted by molar-refractivity contribution is 5.76. The fraction of sp³-hybridized carbons (Fsp3) is 0.929. The van der Waals surface area contributed by atoms with Crippen molar-refractivity contribution < 1.29 is 4.79 Å². The number of nitrogens with zero attached hydrogens (tertiary/aromatic N) is 1. The first kappa shape index (κ1) is 15.5. The Morgan fingerprint density at radius 3 is 2.19 bits per heavy atom. The van der Waals surface area contributed by atoms with E-state index in [9.17, 15) is 4.79 Å². The van der Waals surface area contributed by atoms with Gasteiger partial charge in [-0.15, -0.1) is 0 Å². The van der Waals surface area contributed by atoms with Crippen molar-refractivity contribution in [1.82, 2.24) is 4.90 Å². The van der Waals surface area contributed by atoms with E-state index in [1.807, 2.05) is 4.90 Å². The minimum absolute atomic E-state index is 0.0981. The van der Waals surface area contributed by atoms with E-state index in [2.05, 4.69) is 41.5 Å². The molecule has 0 rings (SSSR count). The van der Waals surface area contributed by atoms with Gasteiger partial charge in [0.15, 0.2) is 0 Å². The summed E-state index contributed by atoms with van der Waals surface area (Å²) in [6.45, 7) is 14.6. The summed E-state index contributed by atoms with van der Waals surface area (Å²) in [6, 6.07) is 0. The van der Waals surface area contributed by atoms with Crippen molar-refractivity contribution >= 4 is 5.91 Å². The van der Waals surface area contributed by atoms with Crippen molar-refractivity contribution in [3.63, 3.8) is 0 Å². The Morgan fingerprint density at radius 1 is 1.25 bits per heavy atom. The SMILES string of the molecule is CCC(C)CCN(CC)C(=O)CC(C)(C)C. The summed E-state index contributed by atoms with van der Waals surface area (Å²) >= 11 is 0. The van der Waals surface area contributed by atoms with Crippen LogP contribution in [0.15, 0.2) is 0 Å². The van der Waals surface area contributed by atoms with Crippen molar-refractivity contribution in [2.75, 3.05) is 13.1 Å². The van der Waals surface area contributed by atoms with Gasteiger partial charge in [-0.2, -0.15) is 0 Å². The van der Waals surface area contributed by atoms with Gasteiger partial charge >= 0.3 is 0 Å². The maximum atomic E-state index is 12.0. The van der Waals surface area contributed by atoms with E-state index < -0.39 is 0 Å². The fourth-order valence-electron chi connectivity index (χ4n) is 1.60. The van der Waals surface area contributed by atoms with Gasteiger partial charge < -0.3 is 4.90 Å². The number of hydrogen-bond donors (Lipinski definition) is 0. The number of rotatable bonds is 6. The van der Waals surface area contributed by atoms with Gasteiger partial charge in [-0.05, 0) is 24.7 Å². The molecule has 0 aromatic rings. The average Bonchev–Trinajstić information content (AvgIpc) is 2.15. The van der Waals surface area contributed by atoms with Crippen LogP contribution in [0.4, 0.5) is 0 Å². The first-order chi connectivity index (χ1) is 7.30. The molecule has 0 aliphatic carbocycles. The summed E-state index contributed by atoms with van der Waals surface area (Å²) in [5.41, 5.74) is 0.0981. The molecular weight excluding hydrogens is 198 g/mol. The zero-order chi connectivity index (χ0) is 12.8. The van der Waals surface area contributed by atoms with Crippen LogP contribution in [0.25, 0.3) is 0 Å². The Labute approximate surface area is 101 Å². The van der Waals surface area contributed by atoms with Crippen LogP contribution in [0, 0.1) is 11.3 Å². The van der Waals surface area contributed by atoms with E-state index in [0.29, 0.717) is 12.3 Å². The van der Waals surface area contributed by atoms with E-state index in [1.54, 1.807) is 0 Å². The molecule has 0 aliphatic heterocycles. The Bertz CT molecular complexity index is 205. The lowest BCUT2D eigenvalue weighted by molar-refractivity contribution is -0.133. The number of hydrogen-bond acceptors (Lipinski definition) is 1. The lowest BCUT2D eigenvalue weighted by Gasteiger charge is -2.26. The molecule has 0 N–H and O–H groups in total. The zero-order valence-corrected chi connectivity index (χ0v) is 12.0. The van der Waals surface area contributed by atoms with Crippen LogP contribution >= 0.6 is 0 Å². The van der Waals surface area contributed by atoms with E-state index in [-0.39, 0.29) is 5.41 Å². The molecule has 16 heavy (non-hydrogen) atoms. The highest BCUT2D eigenvalue weighted by Crippen LogP contribution is 2.20. The summed E-state index contributed by atoms with van der Waals surface area (Å²) in [6.07, 6.45) is 2.98. The van der Waals surface area contributed by atoms with Crippen LogP contribution in [0.3, 0.4) is 0 Å². The molecule has 0 saturated carbocycles. The Hall–Kier alpha value is -0.530. The second-order valence-corrected chi connectivity index (χ2v) is 6.01. The average molecular weight is 227 g/mol. The summed E-state index contributed by atoms with van der Waals surface area (Å²) < 4.78 is 0. The van der Waals surface area contributed by atoms with Crippen LogP contribution in [-0.4, -0.2) is 23.9 Å². The fourth-order valence-corrected chi connectivity index (χ4v) is 1.60. The van der Waals surface area contributed by atoms with Crippen molar-refractivity contribution in [3.05, 3.63) is 0 Å². The van der Waals surface area contributed by atoms with E-state index in [0.717, 1.165) is 25.4 Å². The predicted octanol–water partition coefficient (Wildman–Crippen LogP) is 3.71. The number of carbonyl (C=O) groups excluding carboxylic acids is 1. The van der Waals surface area contributed by atoms with Crippen LogP contribution in [0.5, 0.6) is 0 Å². The van der Waals surface area contributed by atoms with Crippen LogP contribution in [0.2, 0.25) is 0 Å². The molecule has 0 aromatic carbocycles. The minimum Gasteiger partial charge on any atom is -0.343 e. The monoisotopic (exact) mass is 227 g/mol. The second kappa shape index (κ2) is 6.93. The van der Waals surface area contributed by atoms with Gasteiger partial charge in [-0.3, -0.25) is 4.79 Å². The van der Waals surface area contributed by atoms with Gasteiger partial charge in [-0.25, -0.2) is 0 Å². The molecular formula is C14H29NO.